The third kappa shape index (κ3) is 2.87. The zero-order valence-corrected chi connectivity index (χ0v) is 7.99. The number of nitrogens with zero attached hydrogens (tertiary/aromatic N) is 2. The van der Waals surface area contributed by atoms with Gasteiger partial charge in [0.25, 0.3) is 17.8 Å². The molecule has 1 aromatic rings. The molecule has 0 radical (unpaired) electrons. The zero-order valence-electron chi connectivity index (χ0n) is 7.23. The Morgan fingerprint density at radius 3 is 1.93 bits per heavy atom. The SMILES string of the molecule is N#COc1cc(OC#N)cc(C(=O)Cl)c1. The second-order valence-electron chi connectivity index (χ2n) is 2.35. The monoisotopic (exact) mass is 222 g/mol. The van der Waals surface area contributed by atoms with Gasteiger partial charge in [0, 0.05) is 11.6 Å². The van der Waals surface area contributed by atoms with E-state index in [2.05, 4.69) is 9.47 Å². The molecule has 0 fully saturated rings. The topological polar surface area (TPSA) is 83.1 Å². The first kappa shape index (κ1) is 10.8. The summed E-state index contributed by atoms with van der Waals surface area (Å²) in [5, 5.41) is 15.8. The number of hydrogen-bond acceptors (Lipinski definition) is 5. The van der Waals surface area contributed by atoms with Gasteiger partial charge in [-0.25, -0.2) is 0 Å². The Hall–Kier alpha value is -2.24. The fourth-order valence-corrected chi connectivity index (χ4v) is 1.02. The first-order chi connectivity index (χ1) is 7.17. The van der Waals surface area contributed by atoms with Crippen LogP contribution < -0.4 is 9.47 Å². The summed E-state index contributed by atoms with van der Waals surface area (Å²) in [7, 11) is 0. The van der Waals surface area contributed by atoms with Crippen LogP contribution in [-0.2, 0) is 0 Å². The van der Waals surface area contributed by atoms with Gasteiger partial charge in [-0.1, -0.05) is 0 Å². The predicted molar refractivity (Wildman–Crippen MR) is 49.1 cm³/mol. The van der Waals surface area contributed by atoms with Crippen molar-refractivity contribution in [3.05, 3.63) is 23.8 Å². The molecule has 0 amide bonds. The molecule has 0 aromatic heterocycles. The van der Waals surface area contributed by atoms with E-state index < -0.39 is 5.24 Å². The minimum absolute atomic E-state index is 0.0780. The number of ether oxygens (including phenoxy) is 2. The van der Waals surface area contributed by atoms with Crippen LogP contribution in [-0.4, -0.2) is 5.24 Å². The molecule has 74 valence electrons. The lowest BCUT2D eigenvalue weighted by Gasteiger charge is -2.01. The highest BCUT2D eigenvalue weighted by Gasteiger charge is 2.08. The summed E-state index contributed by atoms with van der Waals surface area (Å²) in [6.07, 6.45) is 2.85. The summed E-state index contributed by atoms with van der Waals surface area (Å²) in [5.74, 6) is 0.156. The van der Waals surface area contributed by atoms with Gasteiger partial charge in [0.1, 0.15) is 11.5 Å². The molecule has 0 spiro atoms. The number of benzene rings is 1. The van der Waals surface area contributed by atoms with Gasteiger partial charge in [-0.15, -0.1) is 10.5 Å². The fraction of sp³-hybridized carbons (Fsp3) is 0. The minimum atomic E-state index is -0.735. The van der Waals surface area contributed by atoms with Gasteiger partial charge in [0.15, 0.2) is 0 Å². The molecule has 1 aromatic carbocycles. The van der Waals surface area contributed by atoms with Crippen molar-refractivity contribution >= 4 is 16.8 Å². The Balaban J connectivity index is 3.16. The quantitative estimate of drug-likeness (QED) is 0.575. The first-order valence-corrected chi connectivity index (χ1v) is 4.02. The van der Waals surface area contributed by atoms with Crippen LogP contribution in [0.4, 0.5) is 0 Å². The van der Waals surface area contributed by atoms with Crippen molar-refractivity contribution < 1.29 is 14.3 Å². The van der Waals surface area contributed by atoms with E-state index in [1.807, 2.05) is 0 Å². The van der Waals surface area contributed by atoms with Crippen molar-refractivity contribution in [1.29, 1.82) is 10.5 Å². The summed E-state index contributed by atoms with van der Waals surface area (Å²) < 4.78 is 8.98. The molecule has 0 aliphatic carbocycles. The number of rotatable bonds is 3. The predicted octanol–water partition coefficient (Wildman–Crippen LogP) is 1.79. The third-order valence-corrected chi connectivity index (χ3v) is 1.65. The molecular weight excluding hydrogens is 220 g/mol. The van der Waals surface area contributed by atoms with Crippen LogP contribution in [0.2, 0.25) is 0 Å². The number of halogens is 1. The Morgan fingerprint density at radius 2 is 1.60 bits per heavy atom. The molecular formula is C9H3ClN2O3. The smallest absolute Gasteiger partial charge is 0.292 e. The van der Waals surface area contributed by atoms with Crippen LogP contribution in [0.25, 0.3) is 0 Å². The molecule has 1 rings (SSSR count). The standard InChI is InChI=1S/C9H3ClN2O3/c10-9(13)6-1-7(14-4-11)3-8(2-6)15-5-12/h1-3H. The lowest BCUT2D eigenvalue weighted by molar-refractivity contribution is 0.108. The fourth-order valence-electron chi connectivity index (χ4n) is 0.908. The molecule has 5 nitrogen and oxygen atoms in total. The molecule has 6 heteroatoms. The van der Waals surface area contributed by atoms with Crippen LogP contribution in [0.5, 0.6) is 11.5 Å². The van der Waals surface area contributed by atoms with Crippen molar-refractivity contribution in [3.8, 4) is 24.0 Å². The van der Waals surface area contributed by atoms with Gasteiger partial charge in [-0.2, -0.15) is 0 Å². The average Bonchev–Trinajstić information content (AvgIpc) is 2.18. The highest BCUT2D eigenvalue weighted by atomic mass is 35.5. The zero-order chi connectivity index (χ0) is 11.3. The van der Waals surface area contributed by atoms with E-state index in [-0.39, 0.29) is 17.1 Å². The van der Waals surface area contributed by atoms with Crippen molar-refractivity contribution in [2.24, 2.45) is 0 Å². The highest BCUT2D eigenvalue weighted by Crippen LogP contribution is 2.23. The maximum Gasteiger partial charge on any atom is 0.292 e. The molecule has 0 heterocycles. The van der Waals surface area contributed by atoms with Crippen molar-refractivity contribution in [2.45, 2.75) is 0 Å². The van der Waals surface area contributed by atoms with E-state index in [4.69, 9.17) is 22.1 Å². The van der Waals surface area contributed by atoms with E-state index >= 15 is 0 Å². The molecule has 0 bridgehead atoms. The van der Waals surface area contributed by atoms with Crippen molar-refractivity contribution in [3.63, 3.8) is 0 Å². The summed E-state index contributed by atoms with van der Waals surface area (Å²) in [5.41, 5.74) is 0.0784. The van der Waals surface area contributed by atoms with E-state index in [0.29, 0.717) is 0 Å². The Bertz CT molecular complexity index is 439. The van der Waals surface area contributed by atoms with Gasteiger partial charge in [-0.05, 0) is 23.7 Å². The molecule has 0 aliphatic heterocycles. The lowest BCUT2D eigenvalue weighted by Crippen LogP contribution is -1.93. The molecule has 15 heavy (non-hydrogen) atoms. The van der Waals surface area contributed by atoms with Crippen LogP contribution in [0.3, 0.4) is 0 Å². The summed E-state index contributed by atoms with van der Waals surface area (Å²) in [6.45, 7) is 0. The largest absolute Gasteiger partial charge is 0.388 e. The first-order valence-electron chi connectivity index (χ1n) is 3.64. The molecule has 0 atom stereocenters. The van der Waals surface area contributed by atoms with E-state index in [9.17, 15) is 4.79 Å². The molecule has 0 N–H and O–H groups in total. The highest BCUT2D eigenvalue weighted by molar-refractivity contribution is 6.67. The van der Waals surface area contributed by atoms with Crippen molar-refractivity contribution in [1.82, 2.24) is 0 Å². The van der Waals surface area contributed by atoms with Crippen LogP contribution in [0, 0.1) is 23.0 Å². The van der Waals surface area contributed by atoms with Crippen LogP contribution >= 0.6 is 11.6 Å². The van der Waals surface area contributed by atoms with Gasteiger partial charge in [-0.3, -0.25) is 4.79 Å². The summed E-state index contributed by atoms with van der Waals surface area (Å²) in [6, 6.07) is 3.82. The number of carbonyl (C=O) groups is 1. The minimum Gasteiger partial charge on any atom is -0.388 e. The molecule has 0 unspecified atom stereocenters. The van der Waals surface area contributed by atoms with E-state index in [0.717, 1.165) is 0 Å². The molecule has 0 aliphatic rings. The maximum absolute atomic E-state index is 10.8. The lowest BCUT2D eigenvalue weighted by atomic mass is 10.2. The Labute approximate surface area is 90.0 Å². The number of carbonyl (C=O) groups excluding carboxylic acids is 1. The number of hydrogen-bond donors (Lipinski definition) is 0. The van der Waals surface area contributed by atoms with Crippen molar-refractivity contribution in [2.75, 3.05) is 0 Å². The second kappa shape index (κ2) is 4.85. The van der Waals surface area contributed by atoms with E-state index in [1.54, 1.807) is 0 Å². The third-order valence-electron chi connectivity index (χ3n) is 1.43. The average molecular weight is 223 g/mol. The molecule has 0 saturated carbocycles. The van der Waals surface area contributed by atoms with Gasteiger partial charge in [0.05, 0.1) is 0 Å². The maximum atomic E-state index is 10.8. The second-order valence-corrected chi connectivity index (χ2v) is 2.70. The van der Waals surface area contributed by atoms with Crippen LogP contribution in [0.1, 0.15) is 10.4 Å². The van der Waals surface area contributed by atoms with E-state index in [1.165, 1.54) is 30.7 Å². The summed E-state index contributed by atoms with van der Waals surface area (Å²) >= 11 is 5.23. The Kier molecular flexibility index (Phi) is 3.50. The summed E-state index contributed by atoms with van der Waals surface area (Å²) in [4.78, 5) is 10.8. The Morgan fingerprint density at radius 1 is 1.13 bits per heavy atom. The van der Waals surface area contributed by atoms with Gasteiger partial charge in [0.2, 0.25) is 0 Å². The van der Waals surface area contributed by atoms with Gasteiger partial charge >= 0.3 is 0 Å². The van der Waals surface area contributed by atoms with Crippen LogP contribution in [0.15, 0.2) is 18.2 Å². The number of nitriles is 2. The normalized spacial score (nSPS) is 8.47. The molecule has 0 saturated heterocycles. The van der Waals surface area contributed by atoms with Gasteiger partial charge < -0.3 is 9.47 Å².